The standard InChI is InChI=1S/C28H31N5O4/c1-36-26-5-3-2-4-25(26)33-16-14-32(15-17-33)19-22-6-10-23(11-7-22)28(35)31-30-18-21-8-12-24(13-9-21)37-20-27(29)34/h2-13,18H,14-17,19-20H2,1H3,(H2,29,34)(H,31,35)/b30-18-. The minimum Gasteiger partial charge on any atom is -0.495 e. The van der Waals surface area contributed by atoms with Crippen molar-refractivity contribution in [3.8, 4) is 11.5 Å². The summed E-state index contributed by atoms with van der Waals surface area (Å²) in [5.74, 6) is 0.608. The molecule has 192 valence electrons. The summed E-state index contributed by atoms with van der Waals surface area (Å²) in [7, 11) is 1.70. The van der Waals surface area contributed by atoms with Crippen LogP contribution in [0.5, 0.6) is 11.5 Å². The normalized spacial score (nSPS) is 13.9. The van der Waals surface area contributed by atoms with E-state index in [2.05, 4.69) is 26.4 Å². The fourth-order valence-electron chi connectivity index (χ4n) is 4.09. The molecule has 0 bridgehead atoms. The Hall–Kier alpha value is -4.37. The second-order valence-corrected chi connectivity index (χ2v) is 8.66. The highest BCUT2D eigenvalue weighted by Crippen LogP contribution is 2.28. The minimum absolute atomic E-state index is 0.178. The van der Waals surface area contributed by atoms with Gasteiger partial charge in [0.1, 0.15) is 11.5 Å². The summed E-state index contributed by atoms with van der Waals surface area (Å²) in [4.78, 5) is 28.0. The Morgan fingerprint density at radius 3 is 2.35 bits per heavy atom. The van der Waals surface area contributed by atoms with Crippen molar-refractivity contribution in [3.05, 3.63) is 89.5 Å². The third kappa shape index (κ3) is 7.31. The Bertz CT molecular complexity index is 1220. The molecule has 0 atom stereocenters. The molecule has 0 saturated carbocycles. The van der Waals surface area contributed by atoms with Gasteiger partial charge in [0.25, 0.3) is 11.8 Å². The van der Waals surface area contributed by atoms with E-state index in [-0.39, 0.29) is 12.5 Å². The first kappa shape index (κ1) is 25.7. The van der Waals surface area contributed by atoms with Gasteiger partial charge in [0.2, 0.25) is 0 Å². The number of rotatable bonds is 10. The first-order chi connectivity index (χ1) is 18.0. The van der Waals surface area contributed by atoms with Gasteiger partial charge in [-0.15, -0.1) is 0 Å². The van der Waals surface area contributed by atoms with Crippen LogP contribution in [0.15, 0.2) is 77.9 Å². The largest absolute Gasteiger partial charge is 0.495 e. The molecule has 2 amide bonds. The molecular formula is C28H31N5O4. The van der Waals surface area contributed by atoms with E-state index in [0.717, 1.165) is 55.3 Å². The number of hydrazone groups is 1. The molecule has 9 nitrogen and oxygen atoms in total. The monoisotopic (exact) mass is 501 g/mol. The van der Waals surface area contributed by atoms with Crippen LogP contribution in [0.3, 0.4) is 0 Å². The van der Waals surface area contributed by atoms with Crippen molar-refractivity contribution in [2.24, 2.45) is 10.8 Å². The first-order valence-corrected chi connectivity index (χ1v) is 12.1. The quantitative estimate of drug-likeness (QED) is 0.327. The lowest BCUT2D eigenvalue weighted by Gasteiger charge is -2.36. The summed E-state index contributed by atoms with van der Waals surface area (Å²) in [5.41, 5.74) is 11.2. The van der Waals surface area contributed by atoms with E-state index in [1.807, 2.05) is 42.5 Å². The molecule has 3 N–H and O–H groups in total. The number of hydrogen-bond donors (Lipinski definition) is 2. The molecule has 0 aromatic heterocycles. The number of nitrogens with zero attached hydrogens (tertiary/aromatic N) is 3. The van der Waals surface area contributed by atoms with E-state index >= 15 is 0 Å². The third-order valence-corrected chi connectivity index (χ3v) is 6.06. The fraction of sp³-hybridized carbons (Fsp3) is 0.250. The van der Waals surface area contributed by atoms with E-state index in [4.69, 9.17) is 15.2 Å². The van der Waals surface area contributed by atoms with Crippen LogP contribution < -0.4 is 25.5 Å². The zero-order valence-electron chi connectivity index (χ0n) is 20.8. The average Bonchev–Trinajstić information content (AvgIpc) is 2.93. The number of para-hydroxylation sites is 2. The molecule has 0 unspecified atom stereocenters. The molecule has 0 aliphatic carbocycles. The number of amides is 2. The van der Waals surface area contributed by atoms with E-state index in [1.54, 1.807) is 31.4 Å². The van der Waals surface area contributed by atoms with Gasteiger partial charge in [-0.05, 0) is 59.7 Å². The average molecular weight is 502 g/mol. The van der Waals surface area contributed by atoms with Gasteiger partial charge < -0.3 is 20.1 Å². The molecule has 3 aromatic carbocycles. The lowest BCUT2D eigenvalue weighted by Crippen LogP contribution is -2.46. The maximum Gasteiger partial charge on any atom is 0.271 e. The van der Waals surface area contributed by atoms with Gasteiger partial charge in [-0.25, -0.2) is 5.43 Å². The van der Waals surface area contributed by atoms with Crippen LogP contribution in [-0.4, -0.2) is 62.8 Å². The van der Waals surface area contributed by atoms with E-state index < -0.39 is 5.91 Å². The molecule has 3 aromatic rings. The number of hydrogen-bond acceptors (Lipinski definition) is 7. The molecular weight excluding hydrogens is 470 g/mol. The Kier molecular flexibility index (Phi) is 8.72. The van der Waals surface area contributed by atoms with Gasteiger partial charge in [-0.2, -0.15) is 5.10 Å². The van der Waals surface area contributed by atoms with E-state index in [9.17, 15) is 9.59 Å². The fourth-order valence-corrected chi connectivity index (χ4v) is 4.09. The zero-order valence-corrected chi connectivity index (χ0v) is 20.8. The third-order valence-electron chi connectivity index (χ3n) is 6.06. The summed E-state index contributed by atoms with van der Waals surface area (Å²) in [6.07, 6.45) is 1.54. The second kappa shape index (κ2) is 12.5. The van der Waals surface area contributed by atoms with Gasteiger partial charge in [0, 0.05) is 38.3 Å². The van der Waals surface area contributed by atoms with E-state index in [1.165, 1.54) is 6.21 Å². The molecule has 0 radical (unpaired) electrons. The number of benzene rings is 3. The minimum atomic E-state index is -0.538. The summed E-state index contributed by atoms with van der Waals surface area (Å²) in [5, 5.41) is 4.02. The van der Waals surface area contributed by atoms with Crippen LogP contribution in [0, 0.1) is 0 Å². The van der Waals surface area contributed by atoms with Crippen molar-refractivity contribution in [1.29, 1.82) is 0 Å². The Labute approximate surface area is 216 Å². The van der Waals surface area contributed by atoms with Gasteiger partial charge in [0.05, 0.1) is 19.0 Å². The highest BCUT2D eigenvalue weighted by atomic mass is 16.5. The van der Waals surface area contributed by atoms with Crippen LogP contribution in [0.2, 0.25) is 0 Å². The van der Waals surface area contributed by atoms with Gasteiger partial charge in [-0.3, -0.25) is 14.5 Å². The highest BCUT2D eigenvalue weighted by molar-refractivity contribution is 5.94. The summed E-state index contributed by atoms with van der Waals surface area (Å²) in [6.45, 7) is 4.42. The van der Waals surface area contributed by atoms with Crippen molar-refractivity contribution in [3.63, 3.8) is 0 Å². The maximum atomic E-state index is 12.4. The topological polar surface area (TPSA) is 109 Å². The number of carbonyl (C=O) groups excluding carboxylic acids is 2. The zero-order chi connectivity index (χ0) is 26.0. The van der Waals surface area contributed by atoms with Crippen LogP contribution >= 0.6 is 0 Å². The molecule has 37 heavy (non-hydrogen) atoms. The smallest absolute Gasteiger partial charge is 0.271 e. The summed E-state index contributed by atoms with van der Waals surface area (Å²) < 4.78 is 10.7. The number of piperazine rings is 1. The van der Waals surface area contributed by atoms with E-state index in [0.29, 0.717) is 11.3 Å². The number of carbonyl (C=O) groups is 2. The number of nitrogens with one attached hydrogen (secondary N) is 1. The van der Waals surface area contributed by atoms with Crippen LogP contribution in [0.1, 0.15) is 21.5 Å². The Morgan fingerprint density at radius 1 is 0.973 bits per heavy atom. The van der Waals surface area contributed by atoms with Crippen LogP contribution in [-0.2, 0) is 11.3 Å². The summed E-state index contributed by atoms with van der Waals surface area (Å²) >= 11 is 0. The van der Waals surface area contributed by atoms with Crippen molar-refractivity contribution in [2.75, 3.05) is 44.8 Å². The van der Waals surface area contributed by atoms with Crippen molar-refractivity contribution >= 4 is 23.7 Å². The lowest BCUT2D eigenvalue weighted by atomic mass is 10.1. The number of ether oxygens (including phenoxy) is 2. The highest BCUT2D eigenvalue weighted by Gasteiger charge is 2.19. The second-order valence-electron chi connectivity index (χ2n) is 8.66. The Morgan fingerprint density at radius 2 is 1.68 bits per heavy atom. The Balaban J connectivity index is 1.23. The van der Waals surface area contributed by atoms with Gasteiger partial charge in [0.15, 0.2) is 6.61 Å². The molecule has 1 fully saturated rings. The molecule has 0 spiro atoms. The number of primary amides is 1. The van der Waals surface area contributed by atoms with Crippen LogP contribution in [0.4, 0.5) is 5.69 Å². The lowest BCUT2D eigenvalue weighted by molar-refractivity contribution is -0.119. The first-order valence-electron chi connectivity index (χ1n) is 12.1. The maximum absolute atomic E-state index is 12.4. The van der Waals surface area contributed by atoms with Crippen molar-refractivity contribution in [2.45, 2.75) is 6.54 Å². The van der Waals surface area contributed by atoms with Crippen molar-refractivity contribution < 1.29 is 19.1 Å². The molecule has 1 heterocycles. The molecule has 9 heteroatoms. The van der Waals surface area contributed by atoms with Crippen LogP contribution in [0.25, 0.3) is 0 Å². The number of anilines is 1. The van der Waals surface area contributed by atoms with Gasteiger partial charge >= 0.3 is 0 Å². The SMILES string of the molecule is COc1ccccc1N1CCN(Cc2ccc(C(=O)N/N=C\c3ccc(OCC(N)=O)cc3)cc2)CC1. The molecule has 1 saturated heterocycles. The van der Waals surface area contributed by atoms with Crippen molar-refractivity contribution in [1.82, 2.24) is 10.3 Å². The summed E-state index contributed by atoms with van der Waals surface area (Å²) in [6, 6.07) is 22.6. The predicted molar refractivity (Wildman–Crippen MR) is 143 cm³/mol. The molecule has 1 aliphatic heterocycles. The number of nitrogens with two attached hydrogens (primary N) is 1. The predicted octanol–water partition coefficient (Wildman–Crippen LogP) is 2.65. The molecule has 4 rings (SSSR count). The molecule has 1 aliphatic rings. The van der Waals surface area contributed by atoms with Gasteiger partial charge in [-0.1, -0.05) is 24.3 Å². The number of methoxy groups -OCH3 is 1.